The van der Waals surface area contributed by atoms with Gasteiger partial charge in [-0.1, -0.05) is 43.7 Å². The zero-order valence-electron chi connectivity index (χ0n) is 12.0. The second-order valence-corrected chi connectivity index (χ2v) is 3.74. The summed E-state index contributed by atoms with van der Waals surface area (Å²) in [7, 11) is 0. The van der Waals surface area contributed by atoms with Crippen LogP contribution in [0.25, 0.3) is 0 Å². The van der Waals surface area contributed by atoms with E-state index in [2.05, 4.69) is 5.43 Å². The summed E-state index contributed by atoms with van der Waals surface area (Å²) >= 11 is 0. The lowest BCUT2D eigenvalue weighted by molar-refractivity contribution is -0.120. The molecule has 0 aromatic heterocycles. The fourth-order valence-electron chi connectivity index (χ4n) is 0.942. The van der Waals surface area contributed by atoms with Crippen molar-refractivity contribution in [1.82, 2.24) is 5.43 Å². The number of carbonyl (C=O) groups excluding carboxylic acids is 1. The summed E-state index contributed by atoms with van der Waals surface area (Å²) in [4.78, 5) is 10.8. The highest BCUT2D eigenvalue weighted by Gasteiger charge is 1.99. The number of rotatable bonds is 2. The average Bonchev–Trinajstić information content (AvgIpc) is 2.34. The molecule has 0 atom stereocenters. The first-order chi connectivity index (χ1) is 8.45. The summed E-state index contributed by atoms with van der Waals surface area (Å²) in [5, 5.41) is 0. The Kier molecular flexibility index (Phi) is 12.7. The quantitative estimate of drug-likeness (QED) is 0.485. The third-order valence-corrected chi connectivity index (χ3v) is 1.65. The molecule has 3 N–H and O–H groups in total. The minimum Gasteiger partial charge on any atom is -0.294 e. The van der Waals surface area contributed by atoms with Crippen LogP contribution in [0.3, 0.4) is 0 Å². The number of amides is 1. The number of hydrogen-bond acceptors (Lipinski definition) is 2. The van der Waals surface area contributed by atoms with Crippen LogP contribution >= 0.6 is 0 Å². The van der Waals surface area contributed by atoms with Gasteiger partial charge in [-0.3, -0.25) is 10.2 Å². The molecule has 0 saturated heterocycles. The Balaban J connectivity index is 0. The molecular formula is C14H25FN2O. The first kappa shape index (κ1) is 18.9. The largest absolute Gasteiger partial charge is 0.294 e. The van der Waals surface area contributed by atoms with Crippen molar-refractivity contribution in [2.75, 3.05) is 0 Å². The van der Waals surface area contributed by atoms with Crippen molar-refractivity contribution in [2.24, 2.45) is 5.84 Å². The molecule has 3 nitrogen and oxygen atoms in total. The summed E-state index contributed by atoms with van der Waals surface area (Å²) in [6, 6.07) is 7.79. The van der Waals surface area contributed by atoms with E-state index < -0.39 is 6.17 Å². The van der Waals surface area contributed by atoms with E-state index >= 15 is 0 Å². The van der Waals surface area contributed by atoms with E-state index in [0.29, 0.717) is 6.42 Å². The lowest BCUT2D eigenvalue weighted by Crippen LogP contribution is -2.31. The zero-order chi connectivity index (χ0) is 14.6. The molecule has 18 heavy (non-hydrogen) atoms. The number of halogens is 1. The second-order valence-electron chi connectivity index (χ2n) is 3.74. The molecule has 0 aliphatic rings. The monoisotopic (exact) mass is 256 g/mol. The smallest absolute Gasteiger partial charge is 0.238 e. The first-order valence-electron chi connectivity index (χ1n) is 6.14. The highest BCUT2D eigenvalue weighted by atomic mass is 19.1. The van der Waals surface area contributed by atoms with Crippen LogP contribution in [-0.4, -0.2) is 12.1 Å². The van der Waals surface area contributed by atoms with Crippen LogP contribution in [0.2, 0.25) is 0 Å². The highest BCUT2D eigenvalue weighted by Crippen LogP contribution is 2.03. The lowest BCUT2D eigenvalue weighted by Gasteiger charge is -1.99. The maximum Gasteiger partial charge on any atom is 0.238 e. The van der Waals surface area contributed by atoms with Crippen LogP contribution in [0.15, 0.2) is 24.3 Å². The van der Waals surface area contributed by atoms with Gasteiger partial charge in [0.1, 0.15) is 0 Å². The number of alkyl halides is 1. The lowest BCUT2D eigenvalue weighted by atomic mass is 10.1. The van der Waals surface area contributed by atoms with Gasteiger partial charge in [-0.25, -0.2) is 10.2 Å². The number of nitrogens with one attached hydrogen (secondary N) is 1. The molecule has 0 radical (unpaired) electrons. The Morgan fingerprint density at radius 2 is 1.67 bits per heavy atom. The molecular weight excluding hydrogens is 231 g/mol. The molecule has 4 heteroatoms. The molecule has 1 aromatic rings. The maximum absolute atomic E-state index is 11.0. The summed E-state index contributed by atoms with van der Waals surface area (Å²) < 4.78 is 11.0. The number of benzene rings is 1. The number of hydrogen-bond donors (Lipinski definition) is 2. The van der Waals surface area contributed by atoms with E-state index in [0.717, 1.165) is 5.56 Å². The van der Waals surface area contributed by atoms with Crippen molar-refractivity contribution in [3.05, 3.63) is 35.4 Å². The summed E-state index contributed by atoms with van der Waals surface area (Å²) in [5.41, 5.74) is 4.25. The number of nitrogens with two attached hydrogens (primary N) is 1. The van der Waals surface area contributed by atoms with E-state index in [9.17, 15) is 9.18 Å². The molecule has 0 aliphatic carbocycles. The summed E-state index contributed by atoms with van der Waals surface area (Å²) in [6.07, 6.45) is -0.323. The van der Waals surface area contributed by atoms with Crippen molar-refractivity contribution in [1.29, 1.82) is 0 Å². The fourth-order valence-corrected chi connectivity index (χ4v) is 0.942. The van der Waals surface area contributed by atoms with E-state index in [-0.39, 0.29) is 5.91 Å². The van der Waals surface area contributed by atoms with Gasteiger partial charge in [0, 0.05) is 0 Å². The maximum atomic E-state index is 11.0. The predicted molar refractivity (Wildman–Crippen MR) is 74.8 cm³/mol. The number of aryl methyl sites for hydroxylation is 1. The van der Waals surface area contributed by atoms with Crippen molar-refractivity contribution in [2.45, 2.75) is 47.2 Å². The van der Waals surface area contributed by atoms with Gasteiger partial charge in [0.25, 0.3) is 0 Å². The van der Waals surface area contributed by atoms with Gasteiger partial charge in [0.05, 0.1) is 12.6 Å². The van der Waals surface area contributed by atoms with Crippen molar-refractivity contribution >= 4 is 5.91 Å². The zero-order valence-corrected chi connectivity index (χ0v) is 12.0. The molecule has 0 saturated carbocycles. The Hall–Kier alpha value is -1.42. The van der Waals surface area contributed by atoms with Gasteiger partial charge in [0.2, 0.25) is 5.91 Å². The number of carbonyl (C=O) groups is 1. The molecule has 1 rings (SSSR count). The topological polar surface area (TPSA) is 55.1 Å². The molecule has 1 aromatic carbocycles. The Morgan fingerprint density at radius 3 is 2.00 bits per heavy atom. The Morgan fingerprint density at radius 1 is 1.28 bits per heavy atom. The van der Waals surface area contributed by atoms with Gasteiger partial charge >= 0.3 is 0 Å². The minimum absolute atomic E-state index is 0.168. The minimum atomic E-state index is -0.667. The van der Waals surface area contributed by atoms with Gasteiger partial charge in [0.15, 0.2) is 0 Å². The van der Waals surface area contributed by atoms with Gasteiger partial charge in [-0.2, -0.15) is 0 Å². The number of hydrazine groups is 1. The van der Waals surface area contributed by atoms with E-state index in [1.54, 1.807) is 0 Å². The van der Waals surface area contributed by atoms with Gasteiger partial charge in [-0.15, -0.1) is 0 Å². The van der Waals surface area contributed by atoms with Crippen LogP contribution in [0.5, 0.6) is 0 Å². The summed E-state index contributed by atoms with van der Waals surface area (Å²) in [5.74, 6) is 4.78. The van der Waals surface area contributed by atoms with Crippen LogP contribution in [-0.2, 0) is 11.2 Å². The highest BCUT2D eigenvalue weighted by molar-refractivity contribution is 5.77. The molecule has 0 bridgehead atoms. The first-order valence-corrected chi connectivity index (χ1v) is 6.14. The molecule has 0 unspecified atom stereocenters. The standard InChI is InChI=1S/C9H12N2O.C3H7F.C2H6/c1-7-2-4-8(5-3-7)6-9(12)11-10;1-3(2)4;1-2/h2-5H,6,10H2,1H3,(H,11,12);3H,1-2H3;1-2H3. The molecule has 104 valence electrons. The molecule has 0 spiro atoms. The van der Waals surface area contributed by atoms with Gasteiger partial charge in [-0.05, 0) is 26.3 Å². The second kappa shape index (κ2) is 12.0. The van der Waals surface area contributed by atoms with E-state index in [4.69, 9.17) is 5.84 Å². The fraction of sp³-hybridized carbons (Fsp3) is 0.500. The average molecular weight is 256 g/mol. The van der Waals surface area contributed by atoms with Crippen molar-refractivity contribution in [3.8, 4) is 0 Å². The van der Waals surface area contributed by atoms with Gasteiger partial charge < -0.3 is 0 Å². The van der Waals surface area contributed by atoms with Crippen molar-refractivity contribution in [3.63, 3.8) is 0 Å². The van der Waals surface area contributed by atoms with E-state index in [1.165, 1.54) is 19.4 Å². The van der Waals surface area contributed by atoms with E-state index in [1.807, 2.05) is 45.0 Å². The van der Waals surface area contributed by atoms with Crippen LogP contribution in [0, 0.1) is 6.92 Å². The third kappa shape index (κ3) is 12.6. The van der Waals surface area contributed by atoms with Crippen LogP contribution in [0.4, 0.5) is 4.39 Å². The molecule has 0 heterocycles. The van der Waals surface area contributed by atoms with Crippen LogP contribution < -0.4 is 11.3 Å². The van der Waals surface area contributed by atoms with Crippen LogP contribution in [0.1, 0.15) is 38.8 Å². The molecule has 1 amide bonds. The molecule has 0 aliphatic heterocycles. The molecule has 0 fully saturated rings. The normalized spacial score (nSPS) is 8.67. The SMILES string of the molecule is CC.CC(C)F.Cc1ccc(CC(=O)NN)cc1. The predicted octanol–water partition coefficient (Wildman–Crippen LogP) is 2.92. The van der Waals surface area contributed by atoms with Crippen molar-refractivity contribution < 1.29 is 9.18 Å². The Labute approximate surface area is 110 Å². The summed E-state index contributed by atoms with van der Waals surface area (Å²) in [6.45, 7) is 9.01. The third-order valence-electron chi connectivity index (χ3n) is 1.65. The Bertz CT molecular complexity index is 307.